The minimum atomic E-state index is -0.00204. The third-order valence-corrected chi connectivity index (χ3v) is 6.35. The Morgan fingerprint density at radius 2 is 1.57 bits per heavy atom. The van der Waals surface area contributed by atoms with E-state index in [4.69, 9.17) is 0 Å². The molecule has 3 aromatic rings. The van der Waals surface area contributed by atoms with E-state index in [2.05, 4.69) is 35.6 Å². The lowest BCUT2D eigenvalue weighted by molar-refractivity contribution is -0.130. The summed E-state index contributed by atoms with van der Waals surface area (Å²) < 4.78 is 0. The van der Waals surface area contributed by atoms with Crippen LogP contribution in [0, 0.1) is 0 Å². The first kappa shape index (κ1) is 20.5. The van der Waals surface area contributed by atoms with Crippen molar-refractivity contribution in [3.8, 4) is 0 Å². The van der Waals surface area contributed by atoms with E-state index in [-0.39, 0.29) is 11.8 Å². The molecule has 0 unspecified atom stereocenters. The van der Waals surface area contributed by atoms with Crippen molar-refractivity contribution in [3.63, 3.8) is 0 Å². The van der Waals surface area contributed by atoms with E-state index in [1.807, 2.05) is 53.1 Å². The molecule has 0 saturated carbocycles. The molecule has 1 saturated heterocycles. The first-order valence-electron chi connectivity index (χ1n) is 10.4. The number of nitrogens with one attached hydrogen (secondary N) is 1. The van der Waals surface area contributed by atoms with Crippen LogP contribution in [-0.2, 0) is 22.4 Å². The molecule has 1 fully saturated rings. The van der Waals surface area contributed by atoms with Crippen LogP contribution in [0.4, 0.5) is 5.69 Å². The van der Waals surface area contributed by atoms with Crippen LogP contribution in [0.3, 0.4) is 0 Å². The van der Waals surface area contributed by atoms with Gasteiger partial charge in [-0.15, -0.1) is 0 Å². The molecule has 0 bridgehead atoms. The Kier molecular flexibility index (Phi) is 6.70. The number of anilines is 1. The lowest BCUT2D eigenvalue weighted by Gasteiger charge is -2.26. The lowest BCUT2D eigenvalue weighted by Crippen LogP contribution is -2.38. The lowest BCUT2D eigenvalue weighted by atomic mass is 10.0. The number of carbonyl (C=O) groups excluding carboxylic acids is 2. The van der Waals surface area contributed by atoms with E-state index in [1.54, 1.807) is 0 Å². The van der Waals surface area contributed by atoms with Crippen LogP contribution in [0.15, 0.2) is 66.7 Å². The molecule has 0 atom stereocenters. The standard InChI is InChI=1S/C25H26N2O2S/c28-24(12-8-19-5-9-21-3-1-2-4-22(21)17-19)26-23-10-6-20(7-11-23)18-25(29)27-13-15-30-16-14-27/h1-7,9-11,17H,8,12-16,18H2,(H,26,28). The Morgan fingerprint density at radius 1 is 0.867 bits per heavy atom. The van der Waals surface area contributed by atoms with Crippen molar-refractivity contribution in [2.45, 2.75) is 19.3 Å². The van der Waals surface area contributed by atoms with Crippen LogP contribution in [0.25, 0.3) is 10.8 Å². The van der Waals surface area contributed by atoms with Crippen molar-refractivity contribution in [3.05, 3.63) is 77.9 Å². The van der Waals surface area contributed by atoms with Crippen LogP contribution >= 0.6 is 11.8 Å². The molecule has 4 rings (SSSR count). The Balaban J connectivity index is 1.27. The van der Waals surface area contributed by atoms with Gasteiger partial charge in [0.2, 0.25) is 11.8 Å². The maximum absolute atomic E-state index is 12.4. The number of carbonyl (C=O) groups is 2. The highest BCUT2D eigenvalue weighted by Crippen LogP contribution is 2.17. The molecular formula is C25H26N2O2S. The summed E-state index contributed by atoms with van der Waals surface area (Å²) in [7, 11) is 0. The Hall–Kier alpha value is -2.79. The van der Waals surface area contributed by atoms with Gasteiger partial charge in [-0.1, -0.05) is 54.6 Å². The number of aryl methyl sites for hydroxylation is 1. The molecule has 1 heterocycles. The van der Waals surface area contributed by atoms with E-state index < -0.39 is 0 Å². The third kappa shape index (κ3) is 5.42. The van der Waals surface area contributed by atoms with Crippen LogP contribution in [0.5, 0.6) is 0 Å². The Bertz CT molecular complexity index is 1030. The summed E-state index contributed by atoms with van der Waals surface area (Å²) in [5.41, 5.74) is 2.91. The highest BCUT2D eigenvalue weighted by molar-refractivity contribution is 7.99. The van der Waals surface area contributed by atoms with E-state index in [1.165, 1.54) is 10.8 Å². The first-order valence-corrected chi connectivity index (χ1v) is 11.5. The minimum absolute atomic E-state index is 0.00204. The fourth-order valence-electron chi connectivity index (χ4n) is 3.68. The summed E-state index contributed by atoms with van der Waals surface area (Å²) in [6, 6.07) is 22.2. The number of benzene rings is 3. The second kappa shape index (κ2) is 9.81. The van der Waals surface area contributed by atoms with E-state index >= 15 is 0 Å². The zero-order chi connectivity index (χ0) is 20.8. The van der Waals surface area contributed by atoms with Crippen LogP contribution in [0.1, 0.15) is 17.5 Å². The van der Waals surface area contributed by atoms with Gasteiger partial charge in [-0.05, 0) is 40.5 Å². The normalized spacial score (nSPS) is 13.9. The number of hydrogen-bond donors (Lipinski definition) is 1. The van der Waals surface area contributed by atoms with Crippen molar-refractivity contribution in [1.82, 2.24) is 4.90 Å². The van der Waals surface area contributed by atoms with Gasteiger partial charge in [0, 0.05) is 36.7 Å². The molecular weight excluding hydrogens is 392 g/mol. The van der Waals surface area contributed by atoms with E-state index in [0.717, 1.165) is 41.4 Å². The smallest absolute Gasteiger partial charge is 0.227 e. The van der Waals surface area contributed by atoms with Gasteiger partial charge in [-0.3, -0.25) is 9.59 Å². The Morgan fingerprint density at radius 3 is 2.33 bits per heavy atom. The molecule has 1 aliphatic heterocycles. The fourth-order valence-corrected chi connectivity index (χ4v) is 4.58. The maximum atomic E-state index is 12.4. The third-order valence-electron chi connectivity index (χ3n) is 5.41. The van der Waals surface area contributed by atoms with Gasteiger partial charge in [0.25, 0.3) is 0 Å². The molecule has 4 nitrogen and oxygen atoms in total. The second-order valence-corrected chi connectivity index (χ2v) is 8.82. The summed E-state index contributed by atoms with van der Waals surface area (Å²) in [6.07, 6.45) is 1.56. The zero-order valence-corrected chi connectivity index (χ0v) is 17.8. The molecule has 30 heavy (non-hydrogen) atoms. The number of hydrogen-bond acceptors (Lipinski definition) is 3. The minimum Gasteiger partial charge on any atom is -0.341 e. The second-order valence-electron chi connectivity index (χ2n) is 7.60. The van der Waals surface area contributed by atoms with Gasteiger partial charge >= 0.3 is 0 Å². The van der Waals surface area contributed by atoms with Crippen molar-refractivity contribution in [1.29, 1.82) is 0 Å². The molecule has 0 radical (unpaired) electrons. The fraction of sp³-hybridized carbons (Fsp3) is 0.280. The van der Waals surface area contributed by atoms with Crippen molar-refractivity contribution >= 4 is 40.0 Å². The van der Waals surface area contributed by atoms with E-state index in [9.17, 15) is 9.59 Å². The molecule has 5 heteroatoms. The molecule has 0 aromatic heterocycles. The number of rotatable bonds is 6. The number of nitrogens with zero attached hydrogens (tertiary/aromatic N) is 1. The predicted molar refractivity (Wildman–Crippen MR) is 125 cm³/mol. The van der Waals surface area contributed by atoms with Gasteiger partial charge in [0.1, 0.15) is 0 Å². The SMILES string of the molecule is O=C(CCc1ccc2ccccc2c1)Nc1ccc(CC(=O)N2CCSCC2)cc1. The largest absolute Gasteiger partial charge is 0.341 e. The maximum Gasteiger partial charge on any atom is 0.227 e. The van der Waals surface area contributed by atoms with Crippen LogP contribution in [-0.4, -0.2) is 41.3 Å². The van der Waals surface area contributed by atoms with E-state index in [0.29, 0.717) is 19.3 Å². The topological polar surface area (TPSA) is 49.4 Å². The van der Waals surface area contributed by atoms with Gasteiger partial charge in [0.15, 0.2) is 0 Å². The van der Waals surface area contributed by atoms with Gasteiger partial charge in [-0.2, -0.15) is 11.8 Å². The zero-order valence-electron chi connectivity index (χ0n) is 17.0. The molecule has 2 amide bonds. The van der Waals surface area contributed by atoms with Gasteiger partial charge < -0.3 is 10.2 Å². The Labute approximate surface area is 181 Å². The summed E-state index contributed by atoms with van der Waals surface area (Å²) >= 11 is 1.90. The molecule has 154 valence electrons. The molecule has 1 aliphatic rings. The highest BCUT2D eigenvalue weighted by Gasteiger charge is 2.16. The number of thioether (sulfide) groups is 1. The average molecular weight is 419 g/mol. The predicted octanol–water partition coefficient (Wildman–Crippen LogP) is 4.53. The first-order chi connectivity index (χ1) is 14.7. The number of fused-ring (bicyclic) bond motifs is 1. The number of amides is 2. The van der Waals surface area contributed by atoms with Gasteiger partial charge in [-0.25, -0.2) is 0 Å². The highest BCUT2D eigenvalue weighted by atomic mass is 32.2. The van der Waals surface area contributed by atoms with Gasteiger partial charge in [0.05, 0.1) is 6.42 Å². The average Bonchev–Trinajstić information content (AvgIpc) is 2.79. The summed E-state index contributed by atoms with van der Waals surface area (Å²) in [6.45, 7) is 1.68. The molecule has 1 N–H and O–H groups in total. The summed E-state index contributed by atoms with van der Waals surface area (Å²) in [4.78, 5) is 26.7. The quantitative estimate of drug-likeness (QED) is 0.640. The molecule has 0 spiro atoms. The van der Waals surface area contributed by atoms with Crippen molar-refractivity contribution in [2.24, 2.45) is 0 Å². The summed E-state index contributed by atoms with van der Waals surface area (Å²) in [5, 5.41) is 5.37. The van der Waals surface area contributed by atoms with Crippen molar-refractivity contribution < 1.29 is 9.59 Å². The monoisotopic (exact) mass is 418 g/mol. The molecule has 0 aliphatic carbocycles. The molecule has 3 aromatic carbocycles. The van der Waals surface area contributed by atoms with Crippen LogP contribution in [0.2, 0.25) is 0 Å². The summed E-state index contributed by atoms with van der Waals surface area (Å²) in [5.74, 6) is 2.23. The van der Waals surface area contributed by atoms with Crippen molar-refractivity contribution in [2.75, 3.05) is 29.9 Å². The van der Waals surface area contributed by atoms with Crippen LogP contribution < -0.4 is 5.32 Å².